The van der Waals surface area contributed by atoms with Crippen LogP contribution in [0, 0.1) is 0 Å². The lowest BCUT2D eigenvalue weighted by molar-refractivity contribution is 0.668. The average molecular weight is 667 g/mol. The fourth-order valence-electron chi connectivity index (χ4n) is 8.53. The van der Waals surface area contributed by atoms with E-state index in [9.17, 15) is 0 Å². The lowest BCUT2D eigenvalue weighted by atomic mass is 9.85. The van der Waals surface area contributed by atoms with E-state index in [1.165, 1.54) is 69.4 Å². The summed E-state index contributed by atoms with van der Waals surface area (Å²) in [7, 11) is 0. The van der Waals surface area contributed by atoms with Crippen molar-refractivity contribution in [3.63, 3.8) is 0 Å². The van der Waals surface area contributed by atoms with Gasteiger partial charge in [0.25, 0.3) is 0 Å². The van der Waals surface area contributed by atoms with Crippen LogP contribution in [0.2, 0.25) is 0 Å². The lowest BCUT2D eigenvalue weighted by Crippen LogP contribution is -1.90. The highest BCUT2D eigenvalue weighted by molar-refractivity contribution is 7.25. The molecule has 0 aliphatic carbocycles. The van der Waals surface area contributed by atoms with E-state index in [2.05, 4.69) is 146 Å². The summed E-state index contributed by atoms with van der Waals surface area (Å²) < 4.78 is 15.3. The van der Waals surface area contributed by atoms with Gasteiger partial charge in [-0.1, -0.05) is 103 Å². The maximum absolute atomic E-state index is 6.50. The zero-order valence-electron chi connectivity index (χ0n) is 27.2. The smallest absolute Gasteiger partial charge is 0.136 e. The molecule has 2 nitrogen and oxygen atoms in total. The van der Waals surface area contributed by atoms with Gasteiger partial charge in [-0.05, 0) is 109 Å². The number of thiophene rings is 1. The number of benzene rings is 9. The van der Waals surface area contributed by atoms with Crippen LogP contribution in [-0.2, 0) is 0 Å². The van der Waals surface area contributed by atoms with E-state index in [1.54, 1.807) is 0 Å². The van der Waals surface area contributed by atoms with Crippen molar-refractivity contribution < 1.29 is 8.83 Å². The van der Waals surface area contributed by atoms with Crippen molar-refractivity contribution in [2.24, 2.45) is 0 Å². The minimum absolute atomic E-state index is 0.881. The van der Waals surface area contributed by atoms with Crippen molar-refractivity contribution >= 4 is 108 Å². The van der Waals surface area contributed by atoms with E-state index in [-0.39, 0.29) is 0 Å². The van der Waals surface area contributed by atoms with Gasteiger partial charge in [0.2, 0.25) is 0 Å². The highest BCUT2D eigenvalue weighted by atomic mass is 32.1. The Balaban J connectivity index is 1.10. The summed E-state index contributed by atoms with van der Waals surface area (Å²) in [5.41, 5.74) is 8.53. The van der Waals surface area contributed by atoms with Crippen molar-refractivity contribution in [2.45, 2.75) is 0 Å². The average Bonchev–Trinajstić information content (AvgIpc) is 3.85. The van der Waals surface area contributed by atoms with Crippen LogP contribution in [0.1, 0.15) is 0 Å². The van der Waals surface area contributed by atoms with E-state index in [4.69, 9.17) is 8.83 Å². The zero-order valence-corrected chi connectivity index (χ0v) is 28.1. The molecule has 0 aliphatic rings. The molecule has 0 bridgehead atoms. The molecule has 0 fully saturated rings. The van der Waals surface area contributed by atoms with Crippen LogP contribution in [0.15, 0.2) is 167 Å². The molecular formula is C48H26O2S. The van der Waals surface area contributed by atoms with Gasteiger partial charge in [0.1, 0.15) is 22.3 Å². The van der Waals surface area contributed by atoms with E-state index in [0.717, 1.165) is 49.3 Å². The molecule has 9 aromatic carbocycles. The highest BCUT2D eigenvalue weighted by Gasteiger charge is 2.19. The SMILES string of the molecule is c1ccc2c(c1)oc1cc3cc4oc5ccc(-c6c7ccccc7c(-c7ccc8c(c7)sc7ccccc78)c7ccccc67)cc5c4cc3cc12. The lowest BCUT2D eigenvalue weighted by Gasteiger charge is -2.18. The van der Waals surface area contributed by atoms with Crippen molar-refractivity contribution in [2.75, 3.05) is 0 Å². The molecule has 3 aromatic heterocycles. The third kappa shape index (κ3) is 3.87. The number of hydrogen-bond acceptors (Lipinski definition) is 3. The van der Waals surface area contributed by atoms with Gasteiger partial charge in [-0.2, -0.15) is 0 Å². The quantitative estimate of drug-likeness (QED) is 0.172. The van der Waals surface area contributed by atoms with Crippen molar-refractivity contribution in [3.05, 3.63) is 158 Å². The molecule has 0 spiro atoms. The normalized spacial score (nSPS) is 12.3. The maximum Gasteiger partial charge on any atom is 0.136 e. The molecule has 236 valence electrons. The Labute approximate surface area is 295 Å². The first-order valence-electron chi connectivity index (χ1n) is 17.3. The van der Waals surface area contributed by atoms with Crippen LogP contribution in [0.5, 0.6) is 0 Å². The maximum atomic E-state index is 6.50. The predicted molar refractivity (Wildman–Crippen MR) is 217 cm³/mol. The first kappa shape index (κ1) is 27.4. The molecule has 0 radical (unpaired) electrons. The van der Waals surface area contributed by atoms with Gasteiger partial charge in [-0.25, -0.2) is 0 Å². The van der Waals surface area contributed by atoms with Crippen LogP contribution in [-0.4, -0.2) is 0 Å². The molecule has 0 unspecified atom stereocenters. The summed E-state index contributed by atoms with van der Waals surface area (Å²) in [5, 5.41) is 14.4. The highest BCUT2D eigenvalue weighted by Crippen LogP contribution is 2.46. The Morgan fingerprint density at radius 2 is 0.765 bits per heavy atom. The molecule has 3 heterocycles. The van der Waals surface area contributed by atoms with E-state index < -0.39 is 0 Å². The van der Waals surface area contributed by atoms with Gasteiger partial charge in [0.05, 0.1) is 0 Å². The molecule has 3 heteroatoms. The Bertz CT molecular complexity index is 3370. The first-order chi connectivity index (χ1) is 25.2. The predicted octanol–water partition coefficient (Wildman–Crippen LogP) is 14.6. The Morgan fingerprint density at radius 3 is 1.45 bits per heavy atom. The van der Waals surface area contributed by atoms with Gasteiger partial charge in [0, 0.05) is 41.7 Å². The fourth-order valence-corrected chi connectivity index (χ4v) is 9.67. The van der Waals surface area contributed by atoms with Gasteiger partial charge >= 0.3 is 0 Å². The second kappa shape index (κ2) is 10.1. The Hall–Kier alpha value is -6.42. The number of fused-ring (bicyclic) bond motifs is 12. The zero-order chi connectivity index (χ0) is 33.2. The van der Waals surface area contributed by atoms with Crippen LogP contribution < -0.4 is 0 Å². The summed E-state index contributed by atoms with van der Waals surface area (Å²) in [5.74, 6) is 0. The van der Waals surface area contributed by atoms with Gasteiger partial charge in [-0.3, -0.25) is 0 Å². The Kier molecular flexibility index (Phi) is 5.41. The van der Waals surface area contributed by atoms with Gasteiger partial charge in [-0.15, -0.1) is 11.3 Å². The molecule has 51 heavy (non-hydrogen) atoms. The monoisotopic (exact) mass is 666 g/mol. The van der Waals surface area contributed by atoms with Crippen molar-refractivity contribution in [1.29, 1.82) is 0 Å². The van der Waals surface area contributed by atoms with Gasteiger partial charge in [0.15, 0.2) is 0 Å². The number of furan rings is 2. The number of hydrogen-bond donors (Lipinski definition) is 0. The summed E-state index contributed by atoms with van der Waals surface area (Å²) in [6.07, 6.45) is 0. The molecule has 12 rings (SSSR count). The van der Waals surface area contributed by atoms with Gasteiger partial charge < -0.3 is 8.83 Å². The second-order valence-electron chi connectivity index (χ2n) is 13.6. The minimum atomic E-state index is 0.881. The third-order valence-corrected chi connectivity index (χ3v) is 11.9. The first-order valence-corrected chi connectivity index (χ1v) is 18.1. The molecule has 0 amide bonds. The molecule has 0 saturated carbocycles. The molecule has 0 saturated heterocycles. The molecule has 0 aliphatic heterocycles. The molecular weight excluding hydrogens is 641 g/mol. The van der Waals surface area contributed by atoms with Crippen LogP contribution in [0.4, 0.5) is 0 Å². The Morgan fingerprint density at radius 1 is 0.294 bits per heavy atom. The summed E-state index contributed by atoms with van der Waals surface area (Å²) in [6, 6.07) is 57.3. The van der Waals surface area contributed by atoms with Crippen LogP contribution in [0.3, 0.4) is 0 Å². The van der Waals surface area contributed by atoms with Crippen molar-refractivity contribution in [3.8, 4) is 22.3 Å². The second-order valence-corrected chi connectivity index (χ2v) is 14.7. The summed E-state index contributed by atoms with van der Waals surface area (Å²) >= 11 is 1.87. The molecule has 12 aromatic rings. The van der Waals surface area contributed by atoms with Crippen molar-refractivity contribution in [1.82, 2.24) is 0 Å². The molecule has 0 atom stereocenters. The standard InChI is InChI=1S/C48H26O2S/c1-3-13-36-34(11-1)47(35-12-2-4-14-37(35)48(36)28-17-19-33-32-10-6-8-16-45(32)51-46(33)26-28)27-18-20-42-39(21-27)40-23-29-22-38-31-9-5-7-15-41(31)49-43(38)24-30(29)25-44(40)50-42/h1-26H. The van der Waals surface area contributed by atoms with E-state index in [1.807, 2.05) is 23.5 Å². The number of para-hydroxylation sites is 1. The molecule has 0 N–H and O–H groups in total. The largest absolute Gasteiger partial charge is 0.456 e. The van der Waals surface area contributed by atoms with Crippen LogP contribution in [0.25, 0.3) is 119 Å². The fraction of sp³-hybridized carbons (Fsp3) is 0. The summed E-state index contributed by atoms with van der Waals surface area (Å²) in [4.78, 5) is 0. The third-order valence-electron chi connectivity index (χ3n) is 10.8. The minimum Gasteiger partial charge on any atom is -0.456 e. The van der Waals surface area contributed by atoms with E-state index in [0.29, 0.717) is 0 Å². The van der Waals surface area contributed by atoms with Crippen LogP contribution >= 0.6 is 11.3 Å². The number of rotatable bonds is 2. The van der Waals surface area contributed by atoms with E-state index >= 15 is 0 Å². The topological polar surface area (TPSA) is 26.3 Å². The summed E-state index contributed by atoms with van der Waals surface area (Å²) in [6.45, 7) is 0.